The maximum Gasteiger partial charge on any atom is 0.298 e. The molecule has 94 valence electrons. The minimum Gasteiger partial charge on any atom is -0.504 e. The van der Waals surface area contributed by atoms with E-state index < -0.39 is 5.56 Å². The van der Waals surface area contributed by atoms with Gasteiger partial charge in [0.2, 0.25) is 5.75 Å². The largest absolute Gasteiger partial charge is 0.504 e. The molecule has 2 rings (SSSR count). The molecule has 6 heteroatoms. The van der Waals surface area contributed by atoms with E-state index in [0.29, 0.717) is 23.1 Å². The average Bonchev–Trinajstić information content (AvgIpc) is 2.35. The molecule has 2 aromatic rings. The van der Waals surface area contributed by atoms with Crippen LogP contribution in [0.5, 0.6) is 11.5 Å². The molecule has 0 saturated heterocycles. The number of ether oxygens (including phenoxy) is 1. The van der Waals surface area contributed by atoms with Gasteiger partial charge in [-0.05, 0) is 25.1 Å². The van der Waals surface area contributed by atoms with Gasteiger partial charge in [-0.15, -0.1) is 0 Å². The highest BCUT2D eigenvalue weighted by Crippen LogP contribution is 2.31. The number of aromatic nitrogens is 1. The molecule has 0 radical (unpaired) electrons. The smallest absolute Gasteiger partial charge is 0.298 e. The second kappa shape index (κ2) is 4.40. The number of benzene rings is 1. The van der Waals surface area contributed by atoms with Crippen molar-refractivity contribution in [1.29, 1.82) is 0 Å². The molecule has 3 N–H and O–H groups in total. The predicted octanol–water partition coefficient (Wildman–Crippen LogP) is 0.844. The first kappa shape index (κ1) is 12.0. The van der Waals surface area contributed by atoms with E-state index in [1.54, 1.807) is 25.1 Å². The lowest BCUT2D eigenvalue weighted by atomic mass is 10.1. The van der Waals surface area contributed by atoms with E-state index in [4.69, 9.17) is 5.73 Å². The molecule has 1 aromatic heterocycles. The van der Waals surface area contributed by atoms with Crippen LogP contribution in [-0.2, 0) is 11.3 Å². The number of carbonyl (C=O) groups is 1. The average molecular weight is 248 g/mol. The Labute approximate surface area is 102 Å². The predicted molar refractivity (Wildman–Crippen MR) is 66.7 cm³/mol. The molecule has 0 fully saturated rings. The zero-order chi connectivity index (χ0) is 13.3. The quantitative estimate of drug-likeness (QED) is 0.620. The molecule has 0 unspecified atom stereocenters. The van der Waals surface area contributed by atoms with Gasteiger partial charge in [0.05, 0.1) is 5.52 Å². The fourth-order valence-corrected chi connectivity index (χ4v) is 1.90. The molecule has 0 atom stereocenters. The van der Waals surface area contributed by atoms with E-state index in [1.807, 2.05) is 0 Å². The highest BCUT2D eigenvalue weighted by Gasteiger charge is 2.17. The van der Waals surface area contributed by atoms with Crippen LogP contribution in [0.4, 0.5) is 5.69 Å². The number of anilines is 1. The zero-order valence-electron chi connectivity index (χ0n) is 9.71. The lowest BCUT2D eigenvalue weighted by Gasteiger charge is -2.12. The Morgan fingerprint density at radius 1 is 1.50 bits per heavy atom. The van der Waals surface area contributed by atoms with Crippen molar-refractivity contribution in [3.05, 3.63) is 28.6 Å². The lowest BCUT2D eigenvalue weighted by molar-refractivity contribution is -0.120. The van der Waals surface area contributed by atoms with Crippen LogP contribution in [0, 0.1) is 0 Å². The van der Waals surface area contributed by atoms with Crippen LogP contribution in [0.2, 0.25) is 0 Å². The van der Waals surface area contributed by atoms with Crippen molar-refractivity contribution in [3.63, 3.8) is 0 Å². The third-order valence-electron chi connectivity index (χ3n) is 2.70. The number of nitrogens with zero attached hydrogens (tertiary/aromatic N) is 1. The van der Waals surface area contributed by atoms with Crippen molar-refractivity contribution in [2.45, 2.75) is 13.5 Å². The normalized spacial score (nSPS) is 10.5. The van der Waals surface area contributed by atoms with Gasteiger partial charge in [0.1, 0.15) is 0 Å². The highest BCUT2D eigenvalue weighted by atomic mass is 16.5. The highest BCUT2D eigenvalue weighted by molar-refractivity contribution is 5.90. The number of hydrogen-bond donors (Lipinski definition) is 2. The van der Waals surface area contributed by atoms with Crippen LogP contribution in [0.3, 0.4) is 0 Å². The molecule has 18 heavy (non-hydrogen) atoms. The number of aryl methyl sites for hydroxylation is 1. The standard InChI is InChI=1S/C12H12N2O4/c1-2-14-9-5-7(13)3-4-8(9)10(16)11(12(14)17)18-6-15/h3-6,16H,2,13H2,1H3. The number of aromatic hydroxyl groups is 1. The number of rotatable bonds is 3. The van der Waals surface area contributed by atoms with E-state index in [-0.39, 0.29) is 18.0 Å². The minimum atomic E-state index is -0.569. The molecule has 0 bridgehead atoms. The van der Waals surface area contributed by atoms with Crippen molar-refractivity contribution < 1.29 is 14.6 Å². The van der Waals surface area contributed by atoms with Crippen LogP contribution in [-0.4, -0.2) is 16.1 Å². The monoisotopic (exact) mass is 248 g/mol. The summed E-state index contributed by atoms with van der Waals surface area (Å²) in [6.07, 6.45) is 0. The molecule has 0 spiro atoms. The van der Waals surface area contributed by atoms with Crippen molar-refractivity contribution in [1.82, 2.24) is 4.57 Å². The Hall–Kier alpha value is -2.50. The zero-order valence-corrected chi connectivity index (χ0v) is 9.71. The second-order valence-electron chi connectivity index (χ2n) is 3.72. The minimum absolute atomic E-state index is 0.111. The first-order valence-corrected chi connectivity index (χ1v) is 5.35. The molecule has 1 heterocycles. The summed E-state index contributed by atoms with van der Waals surface area (Å²) < 4.78 is 5.93. The number of fused-ring (bicyclic) bond motifs is 1. The Morgan fingerprint density at radius 2 is 2.22 bits per heavy atom. The van der Waals surface area contributed by atoms with E-state index in [2.05, 4.69) is 4.74 Å². The van der Waals surface area contributed by atoms with Gasteiger partial charge in [-0.2, -0.15) is 0 Å². The molecule has 1 aromatic carbocycles. The summed E-state index contributed by atoms with van der Waals surface area (Å²) in [5.41, 5.74) is 6.07. The molecule has 6 nitrogen and oxygen atoms in total. The Morgan fingerprint density at radius 3 is 2.83 bits per heavy atom. The van der Waals surface area contributed by atoms with E-state index in [1.165, 1.54) is 4.57 Å². The maximum atomic E-state index is 12.0. The fraction of sp³-hybridized carbons (Fsp3) is 0.167. The van der Waals surface area contributed by atoms with Gasteiger partial charge in [-0.3, -0.25) is 9.59 Å². The topological polar surface area (TPSA) is 94.5 Å². The van der Waals surface area contributed by atoms with Crippen molar-refractivity contribution >= 4 is 23.1 Å². The summed E-state index contributed by atoms with van der Waals surface area (Å²) in [6, 6.07) is 4.76. The first-order chi connectivity index (χ1) is 8.60. The molecular weight excluding hydrogens is 236 g/mol. The van der Waals surface area contributed by atoms with Crippen LogP contribution >= 0.6 is 0 Å². The first-order valence-electron chi connectivity index (χ1n) is 5.35. The second-order valence-corrected chi connectivity index (χ2v) is 3.72. The van der Waals surface area contributed by atoms with Gasteiger partial charge >= 0.3 is 0 Å². The fourth-order valence-electron chi connectivity index (χ4n) is 1.90. The summed E-state index contributed by atoms with van der Waals surface area (Å²) in [4.78, 5) is 22.4. The van der Waals surface area contributed by atoms with Crippen molar-refractivity contribution in [2.75, 3.05) is 5.73 Å². The number of carbonyl (C=O) groups excluding carboxylic acids is 1. The van der Waals surface area contributed by atoms with E-state index in [9.17, 15) is 14.7 Å². The third kappa shape index (κ3) is 1.67. The number of nitrogens with two attached hydrogens (primary N) is 1. The molecule has 0 aliphatic carbocycles. The van der Waals surface area contributed by atoms with E-state index in [0.717, 1.165) is 0 Å². The molecule has 0 saturated carbocycles. The van der Waals surface area contributed by atoms with Gasteiger partial charge in [0.15, 0.2) is 5.75 Å². The summed E-state index contributed by atoms with van der Waals surface area (Å²) >= 11 is 0. The summed E-state index contributed by atoms with van der Waals surface area (Å²) in [7, 11) is 0. The maximum absolute atomic E-state index is 12.0. The van der Waals surface area contributed by atoms with Gasteiger partial charge in [0.25, 0.3) is 12.0 Å². The van der Waals surface area contributed by atoms with Gasteiger partial charge < -0.3 is 20.1 Å². The van der Waals surface area contributed by atoms with Gasteiger partial charge in [0, 0.05) is 17.6 Å². The Balaban J connectivity index is 2.95. The number of hydrogen-bond acceptors (Lipinski definition) is 5. The van der Waals surface area contributed by atoms with Gasteiger partial charge in [-0.25, -0.2) is 0 Å². The summed E-state index contributed by atoms with van der Waals surface area (Å²) in [5.74, 6) is -0.726. The molecule has 0 amide bonds. The van der Waals surface area contributed by atoms with Crippen LogP contribution in [0.1, 0.15) is 6.92 Å². The summed E-state index contributed by atoms with van der Waals surface area (Å²) in [5, 5.41) is 10.3. The van der Waals surface area contributed by atoms with Gasteiger partial charge in [-0.1, -0.05) is 0 Å². The lowest BCUT2D eigenvalue weighted by Crippen LogP contribution is -2.21. The summed E-state index contributed by atoms with van der Waals surface area (Å²) in [6.45, 7) is 2.25. The molecule has 0 aliphatic rings. The Kier molecular flexibility index (Phi) is 2.93. The Bertz CT molecular complexity index is 676. The molecule has 0 aliphatic heterocycles. The molecular formula is C12H12N2O4. The van der Waals surface area contributed by atoms with Crippen LogP contribution < -0.4 is 16.0 Å². The van der Waals surface area contributed by atoms with Crippen molar-refractivity contribution in [2.24, 2.45) is 0 Å². The van der Waals surface area contributed by atoms with Crippen LogP contribution in [0.15, 0.2) is 23.0 Å². The van der Waals surface area contributed by atoms with Crippen LogP contribution in [0.25, 0.3) is 10.9 Å². The van der Waals surface area contributed by atoms with Crippen molar-refractivity contribution in [3.8, 4) is 11.5 Å². The van der Waals surface area contributed by atoms with E-state index >= 15 is 0 Å². The third-order valence-corrected chi connectivity index (χ3v) is 2.70. The number of nitrogen functional groups attached to an aromatic ring is 1. The number of pyridine rings is 1. The SMILES string of the molecule is CCn1c(=O)c(OC=O)c(O)c2ccc(N)cc21.